The highest BCUT2D eigenvalue weighted by atomic mass is 19.4. The fourth-order valence-electron chi connectivity index (χ4n) is 6.85. The summed E-state index contributed by atoms with van der Waals surface area (Å²) in [5, 5.41) is 17.3. The van der Waals surface area contributed by atoms with Crippen LogP contribution in [-0.4, -0.2) is 67.3 Å². The molecule has 42 heavy (non-hydrogen) atoms. The maximum atomic E-state index is 14.3. The molecule has 1 aromatic carbocycles. The highest BCUT2D eigenvalue weighted by Crippen LogP contribution is 2.46. The Bertz CT molecular complexity index is 1390. The van der Waals surface area contributed by atoms with E-state index in [-0.39, 0.29) is 24.1 Å². The summed E-state index contributed by atoms with van der Waals surface area (Å²) >= 11 is 0. The number of carboxylic acid groups (broad SMARTS) is 1. The number of nitrogens with zero attached hydrogens (tertiary/aromatic N) is 5. The fraction of sp³-hybridized carbons (Fsp3) is 0.621. The summed E-state index contributed by atoms with van der Waals surface area (Å²) in [6, 6.07) is 2.85. The third-order valence-electron chi connectivity index (χ3n) is 9.24. The molecule has 2 aliphatic heterocycles. The second-order valence-electron chi connectivity index (χ2n) is 11.8. The van der Waals surface area contributed by atoms with Crippen molar-refractivity contribution in [2.75, 3.05) is 19.6 Å². The van der Waals surface area contributed by atoms with Crippen LogP contribution in [-0.2, 0) is 40.6 Å². The first-order valence-electron chi connectivity index (χ1n) is 14.4. The van der Waals surface area contributed by atoms with Crippen molar-refractivity contribution >= 4 is 17.8 Å². The monoisotopic (exact) mass is 591 g/mol. The van der Waals surface area contributed by atoms with Crippen molar-refractivity contribution < 1.29 is 37.4 Å². The predicted molar refractivity (Wildman–Crippen MR) is 143 cm³/mol. The van der Waals surface area contributed by atoms with E-state index in [1.165, 1.54) is 0 Å². The largest absolute Gasteiger partial charge is 0.487 e. The molecule has 2 unspecified atom stereocenters. The molecule has 1 N–H and O–H groups in total. The van der Waals surface area contributed by atoms with Crippen LogP contribution in [0.15, 0.2) is 12.1 Å². The molecule has 2 fully saturated rings. The minimum absolute atomic E-state index is 0.0351. The van der Waals surface area contributed by atoms with E-state index in [9.17, 15) is 32.7 Å². The molecular formula is C29H36F3N5O5. The van der Waals surface area contributed by atoms with Crippen LogP contribution < -0.4 is 4.74 Å². The van der Waals surface area contributed by atoms with Crippen molar-refractivity contribution in [2.45, 2.75) is 77.6 Å². The summed E-state index contributed by atoms with van der Waals surface area (Å²) in [6.07, 6.45) is -0.817. The SMILES string of the molecule is Cc1ccc(OCc2nnn(C)c2C(F)(F)F)c2c1CCN(C(=O)C1CCCCC1(C)C(=O)O)[C@@H]2CN1CCCC1=O. The molecule has 228 valence electrons. The Morgan fingerprint density at radius 2 is 1.93 bits per heavy atom. The average Bonchev–Trinajstić information content (AvgIpc) is 3.52. The number of hydrogen-bond acceptors (Lipinski definition) is 6. The quantitative estimate of drug-likeness (QED) is 0.516. The molecule has 2 amide bonds. The zero-order chi connectivity index (χ0) is 30.4. The summed E-state index contributed by atoms with van der Waals surface area (Å²) in [7, 11) is 1.16. The number of hydrogen-bond donors (Lipinski definition) is 1. The van der Waals surface area contributed by atoms with E-state index in [1.54, 1.807) is 22.8 Å². The number of ether oxygens (including phenoxy) is 1. The lowest BCUT2D eigenvalue weighted by Gasteiger charge is -2.45. The predicted octanol–water partition coefficient (Wildman–Crippen LogP) is 4.05. The number of likely N-dealkylation sites (tertiary alicyclic amines) is 1. The van der Waals surface area contributed by atoms with Gasteiger partial charge < -0.3 is 19.6 Å². The number of aliphatic carboxylic acids is 1. The highest BCUT2D eigenvalue weighted by Gasteiger charge is 2.50. The topological polar surface area (TPSA) is 118 Å². The number of aromatic nitrogens is 3. The standard InChI is InChI=1S/C29H36F3N5O5/c1-17-9-10-22(42-16-20-25(29(30,31)32)35(3)34-33-20)24-18(17)11-14-37(21(24)15-36-13-6-8-23(36)38)26(39)19-7-4-5-12-28(19,2)27(40)41/h9-10,19,21H,4-8,11-16H2,1-3H3,(H,40,41)/t19?,21-,28?/m1/s1. The van der Waals surface area contributed by atoms with Crippen LogP contribution in [0.2, 0.25) is 0 Å². The van der Waals surface area contributed by atoms with E-state index in [2.05, 4.69) is 10.3 Å². The Balaban J connectivity index is 1.54. The first-order valence-corrected chi connectivity index (χ1v) is 14.4. The van der Waals surface area contributed by atoms with Gasteiger partial charge in [-0.3, -0.25) is 14.4 Å². The number of rotatable bonds is 7. The minimum Gasteiger partial charge on any atom is -0.487 e. The maximum Gasteiger partial charge on any atom is 0.435 e. The number of benzene rings is 1. The summed E-state index contributed by atoms with van der Waals surface area (Å²) < 4.78 is 47.7. The number of halogens is 3. The molecule has 3 heterocycles. The molecule has 1 saturated heterocycles. The van der Waals surface area contributed by atoms with E-state index in [1.807, 2.05) is 13.0 Å². The lowest BCUT2D eigenvalue weighted by atomic mass is 9.66. The van der Waals surface area contributed by atoms with Crippen molar-refractivity contribution in [3.63, 3.8) is 0 Å². The van der Waals surface area contributed by atoms with Crippen molar-refractivity contribution in [3.8, 4) is 5.75 Å². The zero-order valence-corrected chi connectivity index (χ0v) is 24.0. The molecule has 2 aromatic rings. The van der Waals surface area contributed by atoms with Crippen LogP contribution in [0.1, 0.15) is 79.6 Å². The van der Waals surface area contributed by atoms with E-state index in [0.29, 0.717) is 61.2 Å². The fourth-order valence-corrected chi connectivity index (χ4v) is 6.85. The van der Waals surface area contributed by atoms with E-state index >= 15 is 0 Å². The Hall–Kier alpha value is -3.64. The van der Waals surface area contributed by atoms with Gasteiger partial charge in [0.05, 0.1) is 17.4 Å². The Labute approximate surface area is 241 Å². The average molecular weight is 592 g/mol. The lowest BCUT2D eigenvalue weighted by Crippen LogP contribution is -2.52. The van der Waals surface area contributed by atoms with Crippen molar-refractivity contribution in [1.82, 2.24) is 24.8 Å². The second kappa shape index (κ2) is 11.2. The Kier molecular flexibility index (Phi) is 7.97. The Morgan fingerprint density at radius 1 is 1.17 bits per heavy atom. The Morgan fingerprint density at radius 3 is 2.60 bits per heavy atom. The van der Waals surface area contributed by atoms with Crippen molar-refractivity contribution in [3.05, 3.63) is 40.2 Å². The van der Waals surface area contributed by atoms with Gasteiger partial charge in [0.2, 0.25) is 11.8 Å². The summed E-state index contributed by atoms with van der Waals surface area (Å²) in [4.78, 5) is 42.7. The molecule has 3 aliphatic rings. The van der Waals surface area contributed by atoms with Gasteiger partial charge in [-0.25, -0.2) is 4.68 Å². The maximum absolute atomic E-state index is 14.3. The van der Waals surface area contributed by atoms with E-state index in [4.69, 9.17) is 4.74 Å². The van der Waals surface area contributed by atoms with E-state index in [0.717, 1.165) is 31.0 Å². The highest BCUT2D eigenvalue weighted by molar-refractivity contribution is 5.88. The van der Waals surface area contributed by atoms with Crippen molar-refractivity contribution in [2.24, 2.45) is 18.4 Å². The number of aryl methyl sites for hydroxylation is 2. The van der Waals surface area contributed by atoms with Crippen molar-refractivity contribution in [1.29, 1.82) is 0 Å². The van der Waals surface area contributed by atoms with Crippen LogP contribution in [0, 0.1) is 18.3 Å². The third-order valence-corrected chi connectivity index (χ3v) is 9.24. The lowest BCUT2D eigenvalue weighted by molar-refractivity contribution is -0.162. The molecule has 1 aliphatic carbocycles. The van der Waals surface area contributed by atoms with Crippen LogP contribution in [0.4, 0.5) is 13.2 Å². The van der Waals surface area contributed by atoms with Crippen LogP contribution in [0.5, 0.6) is 5.75 Å². The number of fused-ring (bicyclic) bond motifs is 1. The normalized spacial score (nSPS) is 24.6. The number of alkyl halides is 3. The number of carbonyl (C=O) groups is 3. The van der Waals surface area contributed by atoms with Gasteiger partial charge in [-0.15, -0.1) is 5.10 Å². The van der Waals surface area contributed by atoms with Gasteiger partial charge in [0.15, 0.2) is 5.69 Å². The van der Waals surface area contributed by atoms with Gasteiger partial charge in [-0.2, -0.15) is 13.2 Å². The van der Waals surface area contributed by atoms with Gasteiger partial charge >= 0.3 is 12.1 Å². The number of amides is 2. The van der Waals surface area contributed by atoms with Gasteiger partial charge in [0.25, 0.3) is 0 Å². The molecule has 5 rings (SSSR count). The molecular weight excluding hydrogens is 555 g/mol. The summed E-state index contributed by atoms with van der Waals surface area (Å²) in [5.41, 5.74) is -0.105. The number of carboxylic acids is 1. The smallest absolute Gasteiger partial charge is 0.435 e. The summed E-state index contributed by atoms with van der Waals surface area (Å²) in [5.74, 6) is -1.75. The molecule has 0 radical (unpaired) electrons. The van der Waals surface area contributed by atoms with Gasteiger partial charge in [-0.05, 0) is 56.7 Å². The minimum atomic E-state index is -4.68. The first kappa shape index (κ1) is 29.8. The molecule has 1 saturated carbocycles. The molecule has 13 heteroatoms. The number of carbonyl (C=O) groups excluding carboxylic acids is 2. The first-order chi connectivity index (χ1) is 19.8. The summed E-state index contributed by atoms with van der Waals surface area (Å²) in [6.45, 7) is 4.10. The zero-order valence-electron chi connectivity index (χ0n) is 24.0. The molecule has 0 bridgehead atoms. The van der Waals surface area contributed by atoms with Crippen LogP contribution in [0.3, 0.4) is 0 Å². The molecule has 3 atom stereocenters. The van der Waals surface area contributed by atoms with Crippen LogP contribution in [0.25, 0.3) is 0 Å². The second-order valence-corrected chi connectivity index (χ2v) is 11.8. The molecule has 1 aromatic heterocycles. The van der Waals surface area contributed by atoms with Gasteiger partial charge in [0, 0.05) is 38.7 Å². The van der Waals surface area contributed by atoms with Gasteiger partial charge in [0.1, 0.15) is 18.1 Å². The molecule has 10 nitrogen and oxygen atoms in total. The third kappa shape index (κ3) is 5.33. The van der Waals surface area contributed by atoms with Gasteiger partial charge in [-0.1, -0.05) is 24.1 Å². The van der Waals surface area contributed by atoms with E-state index < -0.39 is 41.8 Å². The van der Waals surface area contributed by atoms with Crippen LogP contribution >= 0.6 is 0 Å². The molecule has 0 spiro atoms.